The van der Waals surface area contributed by atoms with Crippen LogP contribution in [0.3, 0.4) is 0 Å². The van der Waals surface area contributed by atoms with E-state index in [0.717, 1.165) is 12.8 Å². The second-order valence-electron chi connectivity index (χ2n) is 4.81. The summed E-state index contributed by atoms with van der Waals surface area (Å²) in [7, 11) is 1.78. The Hall–Kier alpha value is -1.58. The highest BCUT2D eigenvalue weighted by Crippen LogP contribution is 2.22. The third kappa shape index (κ3) is 3.00. The molecule has 2 rings (SSSR count). The van der Waals surface area contributed by atoms with Crippen molar-refractivity contribution < 1.29 is 9.18 Å². The molecule has 98 valence electrons. The Morgan fingerprint density at radius 1 is 1.28 bits per heavy atom. The number of amides is 2. The maximum atomic E-state index is 13.4. The van der Waals surface area contributed by atoms with Crippen molar-refractivity contribution in [1.82, 2.24) is 4.90 Å². The smallest absolute Gasteiger partial charge is 0.321 e. The molecule has 0 radical (unpaired) electrons. The molecule has 1 aliphatic carbocycles. The van der Waals surface area contributed by atoms with Crippen LogP contribution in [-0.2, 0) is 0 Å². The number of rotatable bonds is 2. The summed E-state index contributed by atoms with van der Waals surface area (Å²) in [4.78, 5) is 13.7. The number of hydrogen-bond acceptors (Lipinski definition) is 1. The molecular formula is C14H19FN2O. The Bertz CT molecular complexity index is 416. The van der Waals surface area contributed by atoms with Crippen molar-refractivity contribution in [1.29, 1.82) is 0 Å². The molecule has 1 aliphatic rings. The normalized spacial score (nSPS) is 16.3. The van der Waals surface area contributed by atoms with Gasteiger partial charge in [-0.2, -0.15) is 0 Å². The molecule has 1 aromatic carbocycles. The summed E-state index contributed by atoms with van der Waals surface area (Å²) in [6, 6.07) is 6.28. The minimum Gasteiger partial charge on any atom is -0.325 e. The third-order valence-electron chi connectivity index (χ3n) is 3.56. The van der Waals surface area contributed by atoms with Crippen LogP contribution in [-0.4, -0.2) is 24.0 Å². The maximum absolute atomic E-state index is 13.4. The molecule has 18 heavy (non-hydrogen) atoms. The molecule has 0 saturated heterocycles. The zero-order chi connectivity index (χ0) is 13.0. The van der Waals surface area contributed by atoms with Crippen LogP contribution in [0.2, 0.25) is 0 Å². The fourth-order valence-corrected chi connectivity index (χ4v) is 2.40. The van der Waals surface area contributed by atoms with Crippen LogP contribution >= 0.6 is 0 Å². The van der Waals surface area contributed by atoms with Gasteiger partial charge in [-0.05, 0) is 25.0 Å². The first-order valence-corrected chi connectivity index (χ1v) is 6.47. The lowest BCUT2D eigenvalue weighted by Gasteiger charge is -2.31. The average Bonchev–Trinajstić information content (AvgIpc) is 2.41. The number of nitrogens with zero attached hydrogens (tertiary/aromatic N) is 1. The van der Waals surface area contributed by atoms with Crippen molar-refractivity contribution in [2.24, 2.45) is 0 Å². The largest absolute Gasteiger partial charge is 0.325 e. The molecule has 0 aliphatic heterocycles. The molecule has 0 aromatic heterocycles. The summed E-state index contributed by atoms with van der Waals surface area (Å²) >= 11 is 0. The van der Waals surface area contributed by atoms with E-state index in [4.69, 9.17) is 0 Å². The van der Waals surface area contributed by atoms with E-state index in [0.29, 0.717) is 0 Å². The first-order chi connectivity index (χ1) is 8.68. The third-order valence-corrected chi connectivity index (χ3v) is 3.56. The quantitative estimate of drug-likeness (QED) is 0.854. The Morgan fingerprint density at radius 3 is 2.61 bits per heavy atom. The lowest BCUT2D eigenvalue weighted by atomic mass is 9.95. The molecule has 2 amide bonds. The van der Waals surface area contributed by atoms with Crippen LogP contribution in [0.25, 0.3) is 0 Å². The molecule has 1 N–H and O–H groups in total. The Morgan fingerprint density at radius 2 is 1.94 bits per heavy atom. The second-order valence-corrected chi connectivity index (χ2v) is 4.81. The van der Waals surface area contributed by atoms with Gasteiger partial charge in [-0.25, -0.2) is 9.18 Å². The van der Waals surface area contributed by atoms with Crippen molar-refractivity contribution in [2.75, 3.05) is 12.4 Å². The second kappa shape index (κ2) is 5.85. The van der Waals surface area contributed by atoms with E-state index in [9.17, 15) is 9.18 Å². The van der Waals surface area contributed by atoms with Gasteiger partial charge in [0.1, 0.15) is 5.82 Å². The summed E-state index contributed by atoms with van der Waals surface area (Å²) in [6.45, 7) is 0. The van der Waals surface area contributed by atoms with Gasteiger partial charge in [-0.3, -0.25) is 0 Å². The van der Waals surface area contributed by atoms with Gasteiger partial charge in [0.2, 0.25) is 0 Å². The number of carbonyl (C=O) groups excluding carboxylic acids is 1. The van der Waals surface area contributed by atoms with Crippen molar-refractivity contribution >= 4 is 11.7 Å². The molecule has 1 aromatic rings. The molecule has 0 bridgehead atoms. The van der Waals surface area contributed by atoms with Gasteiger partial charge in [0.15, 0.2) is 0 Å². The minimum atomic E-state index is -0.400. The zero-order valence-electron chi connectivity index (χ0n) is 10.7. The summed E-state index contributed by atoms with van der Waals surface area (Å²) in [5.74, 6) is -0.400. The molecular weight excluding hydrogens is 231 g/mol. The summed E-state index contributed by atoms with van der Waals surface area (Å²) in [6.07, 6.45) is 5.67. The van der Waals surface area contributed by atoms with Gasteiger partial charge in [-0.1, -0.05) is 31.4 Å². The van der Waals surface area contributed by atoms with Crippen molar-refractivity contribution in [2.45, 2.75) is 38.1 Å². The zero-order valence-corrected chi connectivity index (χ0v) is 10.7. The van der Waals surface area contributed by atoms with Crippen molar-refractivity contribution in [3.8, 4) is 0 Å². The molecule has 0 unspecified atom stereocenters. The number of halogens is 1. The number of urea groups is 1. The van der Waals surface area contributed by atoms with E-state index in [1.807, 2.05) is 0 Å². The fraction of sp³-hybridized carbons (Fsp3) is 0.500. The van der Waals surface area contributed by atoms with Crippen LogP contribution in [0.5, 0.6) is 0 Å². The first-order valence-electron chi connectivity index (χ1n) is 6.47. The van der Waals surface area contributed by atoms with E-state index < -0.39 is 5.82 Å². The number of hydrogen-bond donors (Lipinski definition) is 1. The van der Waals surface area contributed by atoms with E-state index in [1.54, 1.807) is 30.1 Å². The topological polar surface area (TPSA) is 32.3 Å². The molecule has 0 spiro atoms. The number of para-hydroxylation sites is 1. The molecule has 1 saturated carbocycles. The fourth-order valence-electron chi connectivity index (χ4n) is 2.40. The average molecular weight is 250 g/mol. The summed E-state index contributed by atoms with van der Waals surface area (Å²) in [5, 5.41) is 2.62. The molecule has 1 fully saturated rings. The van der Waals surface area contributed by atoms with Gasteiger partial charge in [0.05, 0.1) is 5.69 Å². The highest BCUT2D eigenvalue weighted by molar-refractivity contribution is 5.89. The van der Waals surface area contributed by atoms with Gasteiger partial charge < -0.3 is 10.2 Å². The van der Waals surface area contributed by atoms with Gasteiger partial charge in [0.25, 0.3) is 0 Å². The Labute approximate surface area is 107 Å². The highest BCUT2D eigenvalue weighted by atomic mass is 19.1. The van der Waals surface area contributed by atoms with E-state index in [-0.39, 0.29) is 17.8 Å². The van der Waals surface area contributed by atoms with Gasteiger partial charge >= 0.3 is 6.03 Å². The van der Waals surface area contributed by atoms with Crippen LogP contribution < -0.4 is 5.32 Å². The maximum Gasteiger partial charge on any atom is 0.321 e. The summed E-state index contributed by atoms with van der Waals surface area (Å²) < 4.78 is 13.4. The van der Waals surface area contributed by atoms with Crippen LogP contribution in [0.15, 0.2) is 24.3 Å². The number of nitrogens with one attached hydrogen (secondary N) is 1. The van der Waals surface area contributed by atoms with Gasteiger partial charge in [0, 0.05) is 13.1 Å². The van der Waals surface area contributed by atoms with Crippen LogP contribution in [0, 0.1) is 5.82 Å². The predicted molar refractivity (Wildman–Crippen MR) is 70.1 cm³/mol. The van der Waals surface area contributed by atoms with Crippen LogP contribution in [0.1, 0.15) is 32.1 Å². The Kier molecular flexibility index (Phi) is 4.18. The highest BCUT2D eigenvalue weighted by Gasteiger charge is 2.22. The first kappa shape index (κ1) is 12.9. The van der Waals surface area contributed by atoms with Crippen molar-refractivity contribution in [3.63, 3.8) is 0 Å². The predicted octanol–water partition coefficient (Wildman–Crippen LogP) is 3.62. The number of benzene rings is 1. The number of carbonyl (C=O) groups is 1. The van der Waals surface area contributed by atoms with E-state index >= 15 is 0 Å². The molecule has 3 nitrogen and oxygen atoms in total. The number of anilines is 1. The SMILES string of the molecule is CN(C(=O)Nc1ccccc1F)C1CCCCC1. The standard InChI is InChI=1S/C14H19FN2O/c1-17(11-7-3-2-4-8-11)14(18)16-13-10-6-5-9-12(13)15/h5-6,9-11H,2-4,7-8H2,1H3,(H,16,18). The van der Waals surface area contributed by atoms with E-state index in [2.05, 4.69) is 5.32 Å². The lowest BCUT2D eigenvalue weighted by Crippen LogP contribution is -2.41. The summed E-state index contributed by atoms with van der Waals surface area (Å²) in [5.41, 5.74) is 0.241. The Balaban J connectivity index is 1.97. The molecule has 0 heterocycles. The lowest BCUT2D eigenvalue weighted by molar-refractivity contribution is 0.186. The van der Waals surface area contributed by atoms with Crippen molar-refractivity contribution in [3.05, 3.63) is 30.1 Å². The van der Waals surface area contributed by atoms with Crippen LogP contribution in [0.4, 0.5) is 14.9 Å². The van der Waals surface area contributed by atoms with E-state index in [1.165, 1.54) is 25.3 Å². The molecule has 0 atom stereocenters. The molecule has 4 heteroatoms. The minimum absolute atomic E-state index is 0.230. The monoisotopic (exact) mass is 250 g/mol. The van der Waals surface area contributed by atoms with Gasteiger partial charge in [-0.15, -0.1) is 0 Å².